The first kappa shape index (κ1) is 16.9. The molecule has 0 aromatic carbocycles. The number of nitrogens with zero attached hydrogens (tertiary/aromatic N) is 2. The Bertz CT molecular complexity index is 518. The summed E-state index contributed by atoms with van der Waals surface area (Å²) in [5, 5.41) is 3.32. The molecule has 1 saturated heterocycles. The van der Waals surface area contributed by atoms with Crippen molar-refractivity contribution >= 4 is 28.3 Å². The first-order valence-electron chi connectivity index (χ1n) is 7.64. The van der Waals surface area contributed by atoms with Crippen LogP contribution in [0.4, 0.5) is 5.13 Å². The summed E-state index contributed by atoms with van der Waals surface area (Å²) in [5.41, 5.74) is 0. The number of piperidine rings is 1. The fourth-order valence-electron chi connectivity index (χ4n) is 2.53. The Hall–Kier alpha value is -1.47. The Labute approximate surface area is 134 Å². The number of methoxy groups -OCH3 is 1. The first-order chi connectivity index (χ1) is 10.6. The Morgan fingerprint density at radius 2 is 2.27 bits per heavy atom. The van der Waals surface area contributed by atoms with E-state index in [1.807, 2.05) is 6.20 Å². The van der Waals surface area contributed by atoms with Crippen LogP contribution < -0.4 is 5.32 Å². The number of nitrogens with one attached hydrogen (secondary N) is 1. The molecule has 0 radical (unpaired) electrons. The minimum Gasteiger partial charge on any atom is -0.469 e. The molecule has 0 spiro atoms. The summed E-state index contributed by atoms with van der Waals surface area (Å²) in [6.45, 7) is 4.27. The van der Waals surface area contributed by atoms with E-state index in [1.165, 1.54) is 37.7 Å². The van der Waals surface area contributed by atoms with Gasteiger partial charge in [-0.25, -0.2) is 4.98 Å². The largest absolute Gasteiger partial charge is 0.469 e. The molecule has 1 aromatic rings. The van der Waals surface area contributed by atoms with Crippen molar-refractivity contribution < 1.29 is 14.3 Å². The molecule has 1 N–H and O–H groups in total. The van der Waals surface area contributed by atoms with Crippen molar-refractivity contribution in [3.05, 3.63) is 11.1 Å². The van der Waals surface area contributed by atoms with E-state index in [-0.39, 0.29) is 24.7 Å². The van der Waals surface area contributed by atoms with E-state index in [9.17, 15) is 9.59 Å². The average molecular weight is 325 g/mol. The maximum Gasteiger partial charge on any atom is 0.306 e. The highest BCUT2D eigenvalue weighted by Gasteiger charge is 2.19. The highest BCUT2D eigenvalue weighted by Crippen LogP contribution is 2.24. The molecule has 0 aliphatic carbocycles. The molecule has 1 amide bonds. The van der Waals surface area contributed by atoms with Crippen molar-refractivity contribution in [2.24, 2.45) is 0 Å². The number of thiazole rings is 1. The van der Waals surface area contributed by atoms with Crippen molar-refractivity contribution in [1.29, 1.82) is 0 Å². The van der Waals surface area contributed by atoms with E-state index in [2.05, 4.69) is 26.9 Å². The zero-order chi connectivity index (χ0) is 15.9. The molecule has 0 saturated carbocycles. The van der Waals surface area contributed by atoms with Crippen LogP contribution in [0.1, 0.15) is 43.9 Å². The zero-order valence-electron chi connectivity index (χ0n) is 13.1. The predicted molar refractivity (Wildman–Crippen MR) is 85.7 cm³/mol. The van der Waals surface area contributed by atoms with Crippen molar-refractivity contribution in [1.82, 2.24) is 9.88 Å². The van der Waals surface area contributed by atoms with E-state index >= 15 is 0 Å². The molecule has 1 fully saturated rings. The third-order valence-corrected chi connectivity index (χ3v) is 4.78. The fourth-order valence-corrected chi connectivity index (χ4v) is 3.38. The molecule has 122 valence electrons. The molecule has 6 nitrogen and oxygen atoms in total. The van der Waals surface area contributed by atoms with Crippen LogP contribution in [0, 0.1) is 0 Å². The summed E-state index contributed by atoms with van der Waals surface area (Å²) in [7, 11) is 1.31. The van der Waals surface area contributed by atoms with Crippen LogP contribution >= 0.6 is 11.3 Å². The van der Waals surface area contributed by atoms with Crippen LogP contribution in [0.15, 0.2) is 6.20 Å². The molecule has 7 heteroatoms. The number of esters is 1. The van der Waals surface area contributed by atoms with Crippen LogP contribution in [0.3, 0.4) is 0 Å². The molecule has 1 unspecified atom stereocenters. The molecule has 0 bridgehead atoms. The quantitative estimate of drug-likeness (QED) is 0.813. The number of hydrogen-bond acceptors (Lipinski definition) is 6. The number of ether oxygens (including phenoxy) is 1. The van der Waals surface area contributed by atoms with Gasteiger partial charge in [0.1, 0.15) is 0 Å². The van der Waals surface area contributed by atoms with E-state index < -0.39 is 0 Å². The molecule has 2 heterocycles. The summed E-state index contributed by atoms with van der Waals surface area (Å²) in [6, 6.07) is 0.606. The van der Waals surface area contributed by atoms with Crippen LogP contribution in [-0.2, 0) is 20.9 Å². The van der Waals surface area contributed by atoms with Crippen molar-refractivity contribution in [3.63, 3.8) is 0 Å². The van der Waals surface area contributed by atoms with Gasteiger partial charge in [0.15, 0.2) is 5.13 Å². The van der Waals surface area contributed by atoms with Gasteiger partial charge < -0.3 is 10.1 Å². The average Bonchev–Trinajstić information content (AvgIpc) is 2.94. The Balaban J connectivity index is 1.80. The van der Waals surface area contributed by atoms with E-state index in [0.29, 0.717) is 11.2 Å². The lowest BCUT2D eigenvalue weighted by molar-refractivity contribution is -0.141. The van der Waals surface area contributed by atoms with E-state index in [1.54, 1.807) is 0 Å². The Kier molecular flexibility index (Phi) is 6.33. The molecule has 1 atom stereocenters. The van der Waals surface area contributed by atoms with Crippen LogP contribution in [0.2, 0.25) is 0 Å². The summed E-state index contributed by atoms with van der Waals surface area (Å²) >= 11 is 1.50. The lowest BCUT2D eigenvalue weighted by atomic mass is 10.0. The fraction of sp³-hybridized carbons (Fsp3) is 0.667. The summed E-state index contributed by atoms with van der Waals surface area (Å²) < 4.78 is 4.51. The van der Waals surface area contributed by atoms with Crippen LogP contribution in [0.25, 0.3) is 0 Å². The highest BCUT2D eigenvalue weighted by atomic mass is 32.1. The monoisotopic (exact) mass is 325 g/mol. The lowest BCUT2D eigenvalue weighted by Gasteiger charge is -2.32. The number of amides is 1. The summed E-state index contributed by atoms with van der Waals surface area (Å²) in [4.78, 5) is 30.6. The minimum absolute atomic E-state index is 0.0891. The van der Waals surface area contributed by atoms with Gasteiger partial charge in [-0.2, -0.15) is 0 Å². The number of rotatable bonds is 6. The molecule has 1 aliphatic heterocycles. The smallest absolute Gasteiger partial charge is 0.306 e. The Morgan fingerprint density at radius 3 is 3.00 bits per heavy atom. The van der Waals surface area contributed by atoms with Gasteiger partial charge in [0.2, 0.25) is 5.91 Å². The van der Waals surface area contributed by atoms with Crippen molar-refractivity contribution in [2.45, 2.75) is 51.6 Å². The third-order valence-electron chi connectivity index (χ3n) is 3.88. The number of hydrogen-bond donors (Lipinski definition) is 1. The lowest BCUT2D eigenvalue weighted by Crippen LogP contribution is -2.36. The highest BCUT2D eigenvalue weighted by molar-refractivity contribution is 7.15. The van der Waals surface area contributed by atoms with Gasteiger partial charge >= 0.3 is 5.97 Å². The molecule has 2 rings (SSSR count). The van der Waals surface area contributed by atoms with Crippen molar-refractivity contribution in [2.75, 3.05) is 19.0 Å². The standard InChI is InChI=1S/C15H23N3O3S/c1-11-5-3-4-8-18(11)10-12-9-16-15(22-12)17-13(19)6-7-14(20)21-2/h9,11H,3-8,10H2,1-2H3,(H,16,17,19). The summed E-state index contributed by atoms with van der Waals surface area (Å²) in [6.07, 6.45) is 5.83. The molecule has 1 aliphatic rings. The van der Waals surface area contributed by atoms with Crippen LogP contribution in [0.5, 0.6) is 0 Å². The predicted octanol–water partition coefficient (Wildman–Crippen LogP) is 2.41. The minimum atomic E-state index is -0.380. The maximum atomic E-state index is 11.7. The molecule has 22 heavy (non-hydrogen) atoms. The van der Waals surface area contributed by atoms with Crippen LogP contribution in [-0.4, -0.2) is 41.5 Å². The van der Waals surface area contributed by atoms with Gasteiger partial charge in [0.25, 0.3) is 0 Å². The topological polar surface area (TPSA) is 71.5 Å². The first-order valence-corrected chi connectivity index (χ1v) is 8.45. The third kappa shape index (κ3) is 5.06. The number of carbonyl (C=O) groups is 2. The van der Waals surface area contributed by atoms with E-state index in [0.717, 1.165) is 18.0 Å². The zero-order valence-corrected chi connectivity index (χ0v) is 13.9. The van der Waals surface area contributed by atoms with Gasteiger partial charge in [0.05, 0.1) is 13.5 Å². The second-order valence-corrected chi connectivity index (χ2v) is 6.69. The van der Waals surface area contributed by atoms with E-state index in [4.69, 9.17) is 0 Å². The second kappa shape index (κ2) is 8.24. The normalized spacial score (nSPS) is 18.9. The SMILES string of the molecule is COC(=O)CCC(=O)Nc1ncc(CN2CCCCC2C)s1. The van der Waals surface area contributed by atoms with Gasteiger partial charge in [0, 0.05) is 30.1 Å². The number of likely N-dealkylation sites (tertiary alicyclic amines) is 1. The molecule has 1 aromatic heterocycles. The maximum absolute atomic E-state index is 11.7. The number of anilines is 1. The van der Waals surface area contributed by atoms with Gasteiger partial charge in [-0.05, 0) is 26.3 Å². The molecular formula is C15H23N3O3S. The van der Waals surface area contributed by atoms with Gasteiger partial charge in [-0.1, -0.05) is 6.42 Å². The van der Waals surface area contributed by atoms with Gasteiger partial charge in [-0.15, -0.1) is 11.3 Å². The van der Waals surface area contributed by atoms with Crippen molar-refractivity contribution in [3.8, 4) is 0 Å². The second-order valence-electron chi connectivity index (χ2n) is 5.57. The summed E-state index contributed by atoms with van der Waals surface area (Å²) in [5.74, 6) is -0.591. The Morgan fingerprint density at radius 1 is 1.45 bits per heavy atom. The van der Waals surface area contributed by atoms with Gasteiger partial charge in [-0.3, -0.25) is 14.5 Å². The number of aromatic nitrogens is 1. The number of carbonyl (C=O) groups excluding carboxylic acids is 2. The molecular weight excluding hydrogens is 302 g/mol.